The van der Waals surface area contributed by atoms with Gasteiger partial charge in [0.05, 0.1) is 28.0 Å². The molecule has 28 heavy (non-hydrogen) atoms. The number of imidazole rings is 1. The van der Waals surface area contributed by atoms with Crippen molar-refractivity contribution in [3.63, 3.8) is 0 Å². The summed E-state index contributed by atoms with van der Waals surface area (Å²) in [5.41, 5.74) is -0.248. The largest absolute Gasteiger partial charge is 0.573 e. The van der Waals surface area contributed by atoms with Crippen LogP contribution in [0.3, 0.4) is 0 Å². The average Bonchev–Trinajstić information content (AvgIpc) is 2.96. The van der Waals surface area contributed by atoms with Crippen LogP contribution in [0.1, 0.15) is 11.4 Å². The molecule has 2 aromatic carbocycles. The average molecular weight is 486 g/mol. The molecule has 1 aromatic heterocycles. The summed E-state index contributed by atoms with van der Waals surface area (Å²) in [6, 6.07) is 7.28. The number of nitrogens with one attached hydrogen (secondary N) is 2. The molecule has 0 fully saturated rings. The van der Waals surface area contributed by atoms with Crippen LogP contribution in [0.25, 0.3) is 11.0 Å². The lowest BCUT2D eigenvalue weighted by atomic mass is 10.2. The first-order valence-corrected chi connectivity index (χ1v) is 9.13. The van der Waals surface area contributed by atoms with Gasteiger partial charge in [-0.25, -0.2) is 4.98 Å². The highest BCUT2D eigenvalue weighted by atomic mass is 79.9. The van der Waals surface area contributed by atoms with Crippen LogP contribution in [-0.4, -0.2) is 16.3 Å². The highest BCUT2D eigenvalue weighted by molar-refractivity contribution is 9.10. The van der Waals surface area contributed by atoms with Gasteiger partial charge in [0, 0.05) is 4.47 Å². The number of aromatic nitrogens is 2. The van der Waals surface area contributed by atoms with Crippen LogP contribution in [-0.2, 0) is 12.7 Å². The third kappa shape index (κ3) is 5.32. The second-order valence-corrected chi connectivity index (χ2v) is 7.32. The summed E-state index contributed by atoms with van der Waals surface area (Å²) in [4.78, 5) is 7.07. The van der Waals surface area contributed by atoms with E-state index in [1.807, 2.05) is 0 Å². The minimum absolute atomic E-state index is 0.0716. The van der Waals surface area contributed by atoms with Crippen molar-refractivity contribution >= 4 is 38.9 Å². The number of fused-ring (bicyclic) bond motifs is 1. The van der Waals surface area contributed by atoms with Gasteiger partial charge in [0.1, 0.15) is 11.6 Å². The standard InChI is InChI=1S/C16H10BrF6N3OS/c17-9-2-4-13(12(6-9)27-16(21,22)23)28-24-7-14-25-10-3-1-8(15(18,19)20)5-11(10)26-14/h1-6,24H,7H2,(H,25,26). The summed E-state index contributed by atoms with van der Waals surface area (Å²) in [6.45, 7) is 0.0716. The molecule has 12 heteroatoms. The number of ether oxygens (including phenoxy) is 1. The number of hydrogen-bond donors (Lipinski definition) is 2. The van der Waals surface area contributed by atoms with Gasteiger partial charge in [-0.3, -0.25) is 4.72 Å². The summed E-state index contributed by atoms with van der Waals surface area (Å²) in [5, 5.41) is 0. The first kappa shape index (κ1) is 20.8. The number of rotatable bonds is 5. The predicted octanol–water partition coefficient (Wildman–Crippen LogP) is 6.04. The van der Waals surface area contributed by atoms with Crippen LogP contribution in [0.15, 0.2) is 45.8 Å². The van der Waals surface area contributed by atoms with E-state index in [-0.39, 0.29) is 22.7 Å². The van der Waals surface area contributed by atoms with Crippen molar-refractivity contribution in [2.45, 2.75) is 24.0 Å². The van der Waals surface area contributed by atoms with Gasteiger partial charge in [0.15, 0.2) is 0 Å². The third-order valence-corrected chi connectivity index (χ3v) is 4.75. The van der Waals surface area contributed by atoms with E-state index in [1.54, 1.807) is 6.07 Å². The molecule has 0 unspecified atom stereocenters. The zero-order chi connectivity index (χ0) is 20.5. The van der Waals surface area contributed by atoms with Gasteiger partial charge < -0.3 is 9.72 Å². The Morgan fingerprint density at radius 2 is 1.82 bits per heavy atom. The molecular weight excluding hydrogens is 476 g/mol. The number of alkyl halides is 6. The number of hydrogen-bond acceptors (Lipinski definition) is 4. The molecule has 3 rings (SSSR count). The number of benzene rings is 2. The van der Waals surface area contributed by atoms with Gasteiger partial charge in [0.25, 0.3) is 0 Å². The summed E-state index contributed by atoms with van der Waals surface area (Å²) in [5.74, 6) is -0.0592. The van der Waals surface area contributed by atoms with E-state index in [9.17, 15) is 26.3 Å². The molecule has 2 N–H and O–H groups in total. The number of aromatic amines is 1. The molecule has 0 aliphatic carbocycles. The van der Waals surface area contributed by atoms with E-state index < -0.39 is 18.1 Å². The summed E-state index contributed by atoms with van der Waals surface area (Å²) < 4.78 is 83.0. The molecule has 4 nitrogen and oxygen atoms in total. The first-order valence-electron chi connectivity index (χ1n) is 7.52. The van der Waals surface area contributed by atoms with E-state index in [0.717, 1.165) is 24.1 Å². The minimum atomic E-state index is -4.84. The maximum Gasteiger partial charge on any atom is 0.573 e. The maximum absolute atomic E-state index is 12.8. The minimum Gasteiger partial charge on any atom is -0.405 e. The topological polar surface area (TPSA) is 49.9 Å². The molecule has 0 radical (unpaired) electrons. The maximum atomic E-state index is 12.8. The molecule has 0 amide bonds. The predicted molar refractivity (Wildman–Crippen MR) is 94.6 cm³/mol. The molecule has 0 bridgehead atoms. The Kier molecular flexibility index (Phi) is 5.82. The van der Waals surface area contributed by atoms with E-state index in [2.05, 4.69) is 35.4 Å². The monoisotopic (exact) mass is 485 g/mol. The Labute approximate surface area is 166 Å². The number of halogens is 7. The van der Waals surface area contributed by atoms with Crippen LogP contribution in [0, 0.1) is 0 Å². The fraction of sp³-hybridized carbons (Fsp3) is 0.188. The highest BCUT2D eigenvalue weighted by Gasteiger charge is 2.32. The second kappa shape index (κ2) is 7.84. The summed E-state index contributed by atoms with van der Waals surface area (Å²) in [6.07, 6.45) is -9.31. The lowest BCUT2D eigenvalue weighted by molar-refractivity contribution is -0.275. The Balaban J connectivity index is 1.70. The summed E-state index contributed by atoms with van der Waals surface area (Å²) in [7, 11) is 0. The van der Waals surface area contributed by atoms with Gasteiger partial charge in [-0.2, -0.15) is 13.2 Å². The molecule has 0 aliphatic rings. The molecule has 1 heterocycles. The van der Waals surface area contributed by atoms with E-state index in [0.29, 0.717) is 15.8 Å². The molecule has 150 valence electrons. The third-order valence-electron chi connectivity index (χ3n) is 3.41. The molecule has 0 saturated carbocycles. The van der Waals surface area contributed by atoms with Crippen LogP contribution < -0.4 is 9.46 Å². The fourth-order valence-corrected chi connectivity index (χ4v) is 3.32. The van der Waals surface area contributed by atoms with Gasteiger partial charge in [-0.1, -0.05) is 15.9 Å². The van der Waals surface area contributed by atoms with Crippen molar-refractivity contribution in [1.82, 2.24) is 14.7 Å². The van der Waals surface area contributed by atoms with Crippen LogP contribution in [0.5, 0.6) is 5.75 Å². The van der Waals surface area contributed by atoms with E-state index in [1.165, 1.54) is 18.2 Å². The SMILES string of the molecule is FC(F)(F)Oc1cc(Br)ccc1SNCc1nc2ccc(C(F)(F)F)cc2[nH]1. The Morgan fingerprint density at radius 1 is 1.07 bits per heavy atom. The molecule has 0 atom stereocenters. The van der Waals surface area contributed by atoms with Gasteiger partial charge in [0.2, 0.25) is 0 Å². The van der Waals surface area contributed by atoms with E-state index in [4.69, 9.17) is 0 Å². The Morgan fingerprint density at radius 3 is 2.50 bits per heavy atom. The molecular formula is C16H10BrF6N3OS. The summed E-state index contributed by atoms with van der Waals surface area (Å²) >= 11 is 3.95. The van der Waals surface area contributed by atoms with Crippen molar-refractivity contribution in [2.24, 2.45) is 0 Å². The molecule has 3 aromatic rings. The quantitative estimate of drug-likeness (QED) is 0.341. The van der Waals surface area contributed by atoms with Crippen LogP contribution >= 0.6 is 27.9 Å². The molecule has 0 spiro atoms. The van der Waals surface area contributed by atoms with Gasteiger partial charge in [-0.05, 0) is 48.3 Å². The van der Waals surface area contributed by atoms with Crippen LogP contribution in [0.4, 0.5) is 26.3 Å². The lowest BCUT2D eigenvalue weighted by Crippen LogP contribution is -2.18. The number of nitrogens with zero attached hydrogens (tertiary/aromatic N) is 1. The highest BCUT2D eigenvalue weighted by Crippen LogP contribution is 2.35. The first-order chi connectivity index (χ1) is 13.0. The smallest absolute Gasteiger partial charge is 0.405 e. The fourth-order valence-electron chi connectivity index (χ4n) is 2.28. The Bertz CT molecular complexity index is 989. The van der Waals surface area contributed by atoms with Crippen molar-refractivity contribution < 1.29 is 31.1 Å². The molecule has 0 aliphatic heterocycles. The van der Waals surface area contributed by atoms with Crippen molar-refractivity contribution in [2.75, 3.05) is 0 Å². The second-order valence-electron chi connectivity index (χ2n) is 5.48. The lowest BCUT2D eigenvalue weighted by Gasteiger charge is -2.13. The van der Waals surface area contributed by atoms with Crippen molar-refractivity contribution in [3.05, 3.63) is 52.3 Å². The Hall–Kier alpha value is -1.92. The van der Waals surface area contributed by atoms with Crippen LogP contribution in [0.2, 0.25) is 0 Å². The normalized spacial score (nSPS) is 12.5. The van der Waals surface area contributed by atoms with Crippen molar-refractivity contribution in [1.29, 1.82) is 0 Å². The van der Waals surface area contributed by atoms with Gasteiger partial charge >= 0.3 is 12.5 Å². The number of H-pyrrole nitrogens is 1. The van der Waals surface area contributed by atoms with Gasteiger partial charge in [-0.15, -0.1) is 13.2 Å². The zero-order valence-corrected chi connectivity index (χ0v) is 16.0. The van der Waals surface area contributed by atoms with E-state index >= 15 is 0 Å². The van der Waals surface area contributed by atoms with Crippen molar-refractivity contribution in [3.8, 4) is 5.75 Å². The zero-order valence-electron chi connectivity index (χ0n) is 13.6. The molecule has 0 saturated heterocycles.